The van der Waals surface area contributed by atoms with Gasteiger partial charge in [0, 0.05) is 17.9 Å². The molecule has 0 saturated heterocycles. The fourth-order valence-corrected chi connectivity index (χ4v) is 7.41. The third-order valence-corrected chi connectivity index (χ3v) is 9.24. The zero-order valence-electron chi connectivity index (χ0n) is 21.2. The van der Waals surface area contributed by atoms with Gasteiger partial charge in [0.15, 0.2) is 12.4 Å². The monoisotopic (exact) mass is 589 g/mol. The average molecular weight is 590 g/mol. The van der Waals surface area contributed by atoms with Gasteiger partial charge in [0.2, 0.25) is 0 Å². The molecule has 1 N–H and O–H groups in total. The molecular weight excluding hydrogens is 549 g/mol. The SMILES string of the molecule is CCCCCC[n+]1cccc(C(=O)O[C@@H]2CC[C@H]3[C@@H]4CCc5cc(O)ccc5[C@H]4CC[C@]23C)c1.[I-]. The van der Waals surface area contributed by atoms with Crippen molar-refractivity contribution in [3.05, 3.63) is 59.4 Å². The molecule has 5 rings (SSSR count). The van der Waals surface area contributed by atoms with E-state index in [1.54, 1.807) is 0 Å². The zero-order chi connectivity index (χ0) is 23.7. The summed E-state index contributed by atoms with van der Waals surface area (Å²) in [4.78, 5) is 13.2. The van der Waals surface area contributed by atoms with Gasteiger partial charge in [-0.3, -0.25) is 0 Å². The standard InChI is InChI=1S/C30H39NO3.HI/c1-3-4-5-6-17-31-18-7-8-22(20-31)29(33)34-28-14-13-27-26-11-9-21-19-23(32)10-12-24(21)25(26)15-16-30(27,28)2;/h7-8,10,12,18-20,25-28H,3-6,9,11,13-17H2,1-2H3;1H/t25-,26-,27+,28-,30+;/m1./s1. The second-order valence-electron chi connectivity index (χ2n) is 11.2. The number of unbranched alkanes of at least 4 members (excludes halogenated alkanes) is 3. The molecule has 5 atom stereocenters. The minimum Gasteiger partial charge on any atom is -1.00 e. The van der Waals surface area contributed by atoms with Crippen molar-refractivity contribution in [1.29, 1.82) is 0 Å². The Balaban J connectivity index is 0.00000289. The number of aryl methyl sites for hydroxylation is 2. The van der Waals surface area contributed by atoms with E-state index in [9.17, 15) is 9.90 Å². The van der Waals surface area contributed by atoms with Crippen molar-refractivity contribution >= 4 is 5.97 Å². The molecular formula is C30H40INO3. The Morgan fingerprint density at radius 1 is 1.14 bits per heavy atom. The van der Waals surface area contributed by atoms with E-state index in [4.69, 9.17) is 4.74 Å². The summed E-state index contributed by atoms with van der Waals surface area (Å²) in [5, 5.41) is 9.92. The van der Waals surface area contributed by atoms with Crippen molar-refractivity contribution in [2.75, 3.05) is 0 Å². The molecule has 0 aliphatic heterocycles. The number of aromatic hydroxyl groups is 1. The highest BCUT2D eigenvalue weighted by atomic mass is 127. The number of fused-ring (bicyclic) bond motifs is 5. The van der Waals surface area contributed by atoms with Crippen LogP contribution in [0.1, 0.15) is 99.0 Å². The van der Waals surface area contributed by atoms with Gasteiger partial charge in [-0.05, 0) is 92.0 Å². The van der Waals surface area contributed by atoms with E-state index in [-0.39, 0.29) is 41.5 Å². The molecule has 0 unspecified atom stereocenters. The van der Waals surface area contributed by atoms with Crippen LogP contribution in [0, 0.1) is 17.3 Å². The van der Waals surface area contributed by atoms with Crippen molar-refractivity contribution in [2.24, 2.45) is 17.3 Å². The number of ether oxygens (including phenoxy) is 1. The van der Waals surface area contributed by atoms with Crippen molar-refractivity contribution in [3.8, 4) is 5.75 Å². The van der Waals surface area contributed by atoms with Crippen molar-refractivity contribution in [3.63, 3.8) is 0 Å². The molecule has 0 amide bonds. The molecule has 190 valence electrons. The van der Waals surface area contributed by atoms with E-state index in [0.29, 0.717) is 29.1 Å². The molecule has 2 aromatic rings. The highest BCUT2D eigenvalue weighted by Crippen LogP contribution is 2.61. The first-order chi connectivity index (χ1) is 16.5. The van der Waals surface area contributed by atoms with Crippen molar-refractivity contribution in [2.45, 2.75) is 96.6 Å². The van der Waals surface area contributed by atoms with Crippen LogP contribution in [0.3, 0.4) is 0 Å². The van der Waals surface area contributed by atoms with E-state index in [0.717, 1.165) is 45.1 Å². The van der Waals surface area contributed by atoms with E-state index in [1.165, 1.54) is 36.8 Å². The number of benzene rings is 1. The van der Waals surface area contributed by atoms with Crippen LogP contribution in [0.2, 0.25) is 0 Å². The van der Waals surface area contributed by atoms with Crippen LogP contribution in [0.5, 0.6) is 5.75 Å². The number of rotatable bonds is 7. The second-order valence-corrected chi connectivity index (χ2v) is 11.2. The fourth-order valence-electron chi connectivity index (χ4n) is 7.41. The minimum atomic E-state index is -0.165. The van der Waals surface area contributed by atoms with Gasteiger partial charge in [-0.25, -0.2) is 9.36 Å². The van der Waals surface area contributed by atoms with E-state index < -0.39 is 0 Å². The summed E-state index contributed by atoms with van der Waals surface area (Å²) in [6.45, 7) is 5.56. The number of carbonyl (C=O) groups is 1. The summed E-state index contributed by atoms with van der Waals surface area (Å²) in [5.41, 5.74) is 3.52. The highest BCUT2D eigenvalue weighted by Gasteiger charge is 2.56. The predicted octanol–water partition coefficient (Wildman–Crippen LogP) is 3.35. The number of phenolic OH excluding ortho intramolecular Hbond substituents is 1. The first-order valence-corrected chi connectivity index (χ1v) is 13.5. The Morgan fingerprint density at radius 2 is 2.00 bits per heavy atom. The number of carbonyl (C=O) groups excluding carboxylic acids is 1. The molecule has 2 saturated carbocycles. The quantitative estimate of drug-likeness (QED) is 0.234. The summed E-state index contributed by atoms with van der Waals surface area (Å²) < 4.78 is 8.38. The topological polar surface area (TPSA) is 50.4 Å². The fraction of sp³-hybridized carbons (Fsp3) is 0.600. The molecule has 0 bridgehead atoms. The number of nitrogens with zero attached hydrogens (tertiary/aromatic N) is 1. The van der Waals surface area contributed by atoms with Gasteiger partial charge in [0.1, 0.15) is 24.0 Å². The molecule has 2 fully saturated rings. The first kappa shape index (κ1) is 26.4. The number of pyridine rings is 1. The second kappa shape index (κ2) is 11.2. The molecule has 35 heavy (non-hydrogen) atoms. The van der Waals surface area contributed by atoms with Crippen LogP contribution < -0.4 is 28.5 Å². The molecule has 3 aliphatic rings. The predicted molar refractivity (Wildman–Crippen MR) is 133 cm³/mol. The lowest BCUT2D eigenvalue weighted by atomic mass is 9.55. The largest absolute Gasteiger partial charge is 1.00 e. The molecule has 0 radical (unpaired) electrons. The van der Waals surface area contributed by atoms with Crippen LogP contribution in [0.15, 0.2) is 42.7 Å². The molecule has 0 spiro atoms. The Bertz CT molecular complexity index is 1040. The Morgan fingerprint density at radius 3 is 2.83 bits per heavy atom. The van der Waals surface area contributed by atoms with Gasteiger partial charge in [-0.1, -0.05) is 32.8 Å². The zero-order valence-corrected chi connectivity index (χ0v) is 23.4. The number of esters is 1. The normalized spacial score (nSPS) is 28.9. The summed E-state index contributed by atoms with van der Waals surface area (Å²) in [7, 11) is 0. The van der Waals surface area contributed by atoms with Crippen LogP contribution in [0.25, 0.3) is 0 Å². The molecule has 5 heteroatoms. The molecule has 1 aromatic carbocycles. The van der Waals surface area contributed by atoms with Crippen LogP contribution in [0.4, 0.5) is 0 Å². The lowest BCUT2D eigenvalue weighted by Gasteiger charge is -2.50. The number of halogens is 1. The first-order valence-electron chi connectivity index (χ1n) is 13.5. The molecule has 1 aromatic heterocycles. The van der Waals surface area contributed by atoms with Crippen LogP contribution in [-0.2, 0) is 17.7 Å². The maximum absolute atomic E-state index is 13.2. The minimum absolute atomic E-state index is 0. The van der Waals surface area contributed by atoms with Gasteiger partial charge in [0.25, 0.3) is 0 Å². The smallest absolute Gasteiger partial charge is 0.344 e. The number of hydrogen-bond acceptors (Lipinski definition) is 3. The number of aromatic nitrogens is 1. The lowest BCUT2D eigenvalue weighted by Crippen LogP contribution is -3.00. The van der Waals surface area contributed by atoms with E-state index in [2.05, 4.69) is 30.7 Å². The third kappa shape index (κ3) is 5.26. The van der Waals surface area contributed by atoms with Gasteiger partial charge < -0.3 is 33.8 Å². The van der Waals surface area contributed by atoms with Crippen molar-refractivity contribution < 1.29 is 43.2 Å². The maximum atomic E-state index is 13.2. The Labute approximate surface area is 227 Å². The van der Waals surface area contributed by atoms with Crippen molar-refractivity contribution in [1.82, 2.24) is 0 Å². The van der Waals surface area contributed by atoms with Gasteiger partial charge in [-0.2, -0.15) is 0 Å². The summed E-state index contributed by atoms with van der Waals surface area (Å²) in [6, 6.07) is 9.84. The van der Waals surface area contributed by atoms with E-state index in [1.807, 2.05) is 30.5 Å². The molecule has 4 nitrogen and oxygen atoms in total. The number of hydrogen-bond donors (Lipinski definition) is 1. The molecule has 3 aliphatic carbocycles. The summed E-state index contributed by atoms with van der Waals surface area (Å²) in [5.74, 6) is 2.06. The summed E-state index contributed by atoms with van der Waals surface area (Å²) in [6.07, 6.45) is 15.5. The average Bonchev–Trinajstić information content (AvgIpc) is 3.17. The Kier molecular flexibility index (Phi) is 8.45. The summed E-state index contributed by atoms with van der Waals surface area (Å²) >= 11 is 0. The van der Waals surface area contributed by atoms with E-state index >= 15 is 0 Å². The molecule has 1 heterocycles. The Hall–Kier alpha value is -1.63. The van der Waals surface area contributed by atoms with Gasteiger partial charge in [0.05, 0.1) is 0 Å². The van der Waals surface area contributed by atoms with Crippen LogP contribution in [-0.4, -0.2) is 17.2 Å². The lowest BCUT2D eigenvalue weighted by molar-refractivity contribution is -0.697. The van der Waals surface area contributed by atoms with Crippen LogP contribution >= 0.6 is 0 Å². The van der Waals surface area contributed by atoms with Gasteiger partial charge >= 0.3 is 5.97 Å². The highest BCUT2D eigenvalue weighted by molar-refractivity contribution is 5.88. The maximum Gasteiger partial charge on any atom is 0.344 e. The number of phenols is 1. The van der Waals surface area contributed by atoms with Gasteiger partial charge in [-0.15, -0.1) is 0 Å². The third-order valence-electron chi connectivity index (χ3n) is 9.24.